The predicted molar refractivity (Wildman–Crippen MR) is 118 cm³/mol. The first-order valence-corrected chi connectivity index (χ1v) is 10.6. The number of ether oxygens (including phenoxy) is 2. The van der Waals surface area contributed by atoms with Crippen molar-refractivity contribution in [2.45, 2.75) is 38.4 Å². The highest BCUT2D eigenvalue weighted by atomic mass is 16.5. The number of benzene rings is 3. The van der Waals surface area contributed by atoms with Gasteiger partial charge in [-0.1, -0.05) is 66.7 Å². The van der Waals surface area contributed by atoms with Crippen LogP contribution in [-0.2, 0) is 19.4 Å². The highest BCUT2D eigenvalue weighted by molar-refractivity contribution is 5.42. The standard InChI is InChI=1S/C26H29NO2/c1-3-8-21(9-4-1)12-7-17-27-19-25-16-14-23-13-15-24(18-26(23)29-25)28-20-22-10-5-2-6-11-22/h1-6,8-11,13,15,18,25,27H,7,12,14,16-17,19-20H2. The molecular weight excluding hydrogens is 358 g/mol. The van der Waals surface area contributed by atoms with Crippen LogP contribution in [0.15, 0.2) is 78.9 Å². The molecule has 3 aromatic carbocycles. The second kappa shape index (κ2) is 10.1. The molecule has 1 heterocycles. The summed E-state index contributed by atoms with van der Waals surface area (Å²) in [7, 11) is 0. The van der Waals surface area contributed by atoms with E-state index in [0.29, 0.717) is 6.61 Å². The normalized spacial score (nSPS) is 15.4. The smallest absolute Gasteiger partial charge is 0.126 e. The van der Waals surface area contributed by atoms with E-state index < -0.39 is 0 Å². The summed E-state index contributed by atoms with van der Waals surface area (Å²) < 4.78 is 12.2. The van der Waals surface area contributed by atoms with Crippen LogP contribution in [0.1, 0.15) is 29.5 Å². The molecule has 0 saturated heterocycles. The molecular formula is C26H29NO2. The Morgan fingerprint density at radius 3 is 2.45 bits per heavy atom. The van der Waals surface area contributed by atoms with Crippen LogP contribution in [0, 0.1) is 0 Å². The molecule has 1 aliphatic rings. The second-order valence-electron chi connectivity index (χ2n) is 7.62. The van der Waals surface area contributed by atoms with E-state index in [1.54, 1.807) is 0 Å². The molecule has 0 amide bonds. The van der Waals surface area contributed by atoms with Crippen LogP contribution >= 0.6 is 0 Å². The highest BCUT2D eigenvalue weighted by Crippen LogP contribution is 2.31. The minimum absolute atomic E-state index is 0.226. The van der Waals surface area contributed by atoms with Gasteiger partial charge in [0.15, 0.2) is 0 Å². The highest BCUT2D eigenvalue weighted by Gasteiger charge is 2.20. The van der Waals surface area contributed by atoms with Gasteiger partial charge in [0, 0.05) is 12.6 Å². The van der Waals surface area contributed by atoms with Crippen molar-refractivity contribution in [2.75, 3.05) is 13.1 Å². The fraction of sp³-hybridized carbons (Fsp3) is 0.308. The molecule has 0 fully saturated rings. The van der Waals surface area contributed by atoms with Crippen molar-refractivity contribution in [1.29, 1.82) is 0 Å². The van der Waals surface area contributed by atoms with Gasteiger partial charge in [-0.05, 0) is 55.0 Å². The molecule has 3 aromatic rings. The molecule has 1 atom stereocenters. The Hall–Kier alpha value is -2.78. The quantitative estimate of drug-likeness (QED) is 0.513. The molecule has 0 bridgehead atoms. The monoisotopic (exact) mass is 387 g/mol. The van der Waals surface area contributed by atoms with E-state index in [9.17, 15) is 0 Å². The zero-order valence-electron chi connectivity index (χ0n) is 16.8. The first-order chi connectivity index (χ1) is 14.4. The van der Waals surface area contributed by atoms with Crippen LogP contribution in [0.5, 0.6) is 11.5 Å². The van der Waals surface area contributed by atoms with Gasteiger partial charge in [0.1, 0.15) is 24.2 Å². The average molecular weight is 388 g/mol. The molecule has 0 spiro atoms. The predicted octanol–water partition coefficient (Wildman–Crippen LogP) is 5.18. The first-order valence-electron chi connectivity index (χ1n) is 10.6. The van der Waals surface area contributed by atoms with Gasteiger partial charge in [-0.2, -0.15) is 0 Å². The summed E-state index contributed by atoms with van der Waals surface area (Å²) in [5.41, 5.74) is 3.85. The van der Waals surface area contributed by atoms with Gasteiger partial charge in [0.2, 0.25) is 0 Å². The number of rotatable bonds is 9. The van der Waals surface area contributed by atoms with E-state index in [1.165, 1.54) is 16.7 Å². The zero-order chi connectivity index (χ0) is 19.7. The maximum Gasteiger partial charge on any atom is 0.126 e. The summed E-state index contributed by atoms with van der Waals surface area (Å²) in [6.07, 6.45) is 4.60. The lowest BCUT2D eigenvalue weighted by molar-refractivity contribution is 0.169. The van der Waals surface area contributed by atoms with Crippen LogP contribution < -0.4 is 14.8 Å². The van der Waals surface area contributed by atoms with E-state index in [-0.39, 0.29) is 6.10 Å². The summed E-state index contributed by atoms with van der Waals surface area (Å²) in [6.45, 7) is 2.48. The van der Waals surface area contributed by atoms with Gasteiger partial charge in [-0.15, -0.1) is 0 Å². The molecule has 0 aliphatic carbocycles. The zero-order valence-corrected chi connectivity index (χ0v) is 16.8. The van der Waals surface area contributed by atoms with Crippen LogP contribution in [0.3, 0.4) is 0 Å². The molecule has 1 N–H and O–H groups in total. The molecule has 0 radical (unpaired) electrons. The van der Waals surface area contributed by atoms with Crippen molar-refractivity contribution in [3.8, 4) is 11.5 Å². The van der Waals surface area contributed by atoms with Gasteiger partial charge >= 0.3 is 0 Å². The third-order valence-electron chi connectivity index (χ3n) is 5.35. The van der Waals surface area contributed by atoms with E-state index in [0.717, 1.165) is 50.3 Å². The van der Waals surface area contributed by atoms with Crippen molar-refractivity contribution in [1.82, 2.24) is 5.32 Å². The van der Waals surface area contributed by atoms with Crippen LogP contribution in [0.25, 0.3) is 0 Å². The SMILES string of the molecule is c1ccc(CCCNCC2CCc3ccc(OCc4ccccc4)cc3O2)cc1. The molecule has 150 valence electrons. The molecule has 0 aromatic heterocycles. The number of hydrogen-bond acceptors (Lipinski definition) is 3. The molecule has 29 heavy (non-hydrogen) atoms. The molecule has 3 heteroatoms. The third kappa shape index (κ3) is 5.85. The average Bonchev–Trinajstić information content (AvgIpc) is 2.78. The lowest BCUT2D eigenvalue weighted by Crippen LogP contribution is -2.34. The first kappa shape index (κ1) is 19.5. The molecule has 1 aliphatic heterocycles. The van der Waals surface area contributed by atoms with Crippen LogP contribution in [0.4, 0.5) is 0 Å². The Balaban J connectivity index is 1.22. The molecule has 1 unspecified atom stereocenters. The Morgan fingerprint density at radius 2 is 1.66 bits per heavy atom. The minimum atomic E-state index is 0.226. The molecule has 0 saturated carbocycles. The van der Waals surface area contributed by atoms with E-state index >= 15 is 0 Å². The van der Waals surface area contributed by atoms with Crippen molar-refractivity contribution in [3.05, 3.63) is 95.6 Å². The summed E-state index contributed by atoms with van der Waals surface area (Å²) >= 11 is 0. The van der Waals surface area contributed by atoms with Crippen molar-refractivity contribution >= 4 is 0 Å². The Bertz CT molecular complexity index is 880. The number of fused-ring (bicyclic) bond motifs is 1. The third-order valence-corrected chi connectivity index (χ3v) is 5.35. The molecule has 3 nitrogen and oxygen atoms in total. The van der Waals surface area contributed by atoms with Crippen LogP contribution in [0.2, 0.25) is 0 Å². The van der Waals surface area contributed by atoms with Gasteiger partial charge in [-0.25, -0.2) is 0 Å². The van der Waals surface area contributed by atoms with Crippen LogP contribution in [-0.4, -0.2) is 19.2 Å². The summed E-state index contributed by atoms with van der Waals surface area (Å²) in [4.78, 5) is 0. The fourth-order valence-electron chi connectivity index (χ4n) is 3.71. The summed E-state index contributed by atoms with van der Waals surface area (Å²) in [5, 5.41) is 3.56. The largest absolute Gasteiger partial charge is 0.489 e. The summed E-state index contributed by atoms with van der Waals surface area (Å²) in [6, 6.07) is 27.1. The minimum Gasteiger partial charge on any atom is -0.489 e. The van der Waals surface area contributed by atoms with Gasteiger partial charge in [0.05, 0.1) is 0 Å². The maximum absolute atomic E-state index is 6.25. The van der Waals surface area contributed by atoms with Crippen molar-refractivity contribution < 1.29 is 9.47 Å². The Kier molecular flexibility index (Phi) is 6.82. The number of nitrogens with one attached hydrogen (secondary N) is 1. The lowest BCUT2D eigenvalue weighted by Gasteiger charge is -2.27. The van der Waals surface area contributed by atoms with E-state index in [4.69, 9.17) is 9.47 Å². The topological polar surface area (TPSA) is 30.5 Å². The maximum atomic E-state index is 6.25. The van der Waals surface area contributed by atoms with E-state index in [1.807, 2.05) is 30.3 Å². The Labute approximate surface area is 173 Å². The fourth-order valence-corrected chi connectivity index (χ4v) is 3.71. The van der Waals surface area contributed by atoms with Crippen molar-refractivity contribution in [3.63, 3.8) is 0 Å². The van der Waals surface area contributed by atoms with E-state index in [2.05, 4.69) is 53.8 Å². The van der Waals surface area contributed by atoms with Crippen molar-refractivity contribution in [2.24, 2.45) is 0 Å². The molecule has 4 rings (SSSR count). The number of hydrogen-bond donors (Lipinski definition) is 1. The lowest BCUT2D eigenvalue weighted by atomic mass is 10.0. The number of aryl methyl sites for hydroxylation is 2. The van der Waals surface area contributed by atoms with Gasteiger partial charge < -0.3 is 14.8 Å². The van der Waals surface area contributed by atoms with Gasteiger partial charge in [-0.3, -0.25) is 0 Å². The summed E-state index contributed by atoms with van der Waals surface area (Å²) in [5.74, 6) is 1.84. The Morgan fingerprint density at radius 1 is 0.897 bits per heavy atom. The van der Waals surface area contributed by atoms with Gasteiger partial charge in [0.25, 0.3) is 0 Å². The second-order valence-corrected chi connectivity index (χ2v) is 7.62.